The molecule has 2 aromatic rings. The van der Waals surface area contributed by atoms with E-state index in [1.165, 1.54) is 40.9 Å². The van der Waals surface area contributed by atoms with Crippen molar-refractivity contribution in [1.29, 1.82) is 0 Å². The third kappa shape index (κ3) is 1.90. The first-order chi connectivity index (χ1) is 8.92. The van der Waals surface area contributed by atoms with E-state index in [1.807, 2.05) is 47.0 Å². The van der Waals surface area contributed by atoms with E-state index in [9.17, 15) is 0 Å². The molecule has 0 nitrogen and oxygen atoms in total. The molecule has 2 aliphatic heterocycles. The molecule has 0 amide bonds. The summed E-state index contributed by atoms with van der Waals surface area (Å²) in [6.45, 7) is 0. The lowest BCUT2D eigenvalue weighted by Crippen LogP contribution is -1.92. The zero-order valence-corrected chi connectivity index (χ0v) is 12.8. The fourth-order valence-corrected chi connectivity index (χ4v) is 7.09. The fourth-order valence-electron chi connectivity index (χ4n) is 2.10. The van der Waals surface area contributed by atoms with Crippen molar-refractivity contribution >= 4 is 47.0 Å². The van der Waals surface area contributed by atoms with Crippen LogP contribution in [0.25, 0.3) is 0 Å². The summed E-state index contributed by atoms with van der Waals surface area (Å²) >= 11 is 7.87. The van der Waals surface area contributed by atoms with Crippen LogP contribution in [-0.4, -0.2) is 11.5 Å². The Bertz CT molecular complexity index is 568. The van der Waals surface area contributed by atoms with E-state index >= 15 is 0 Å². The Labute approximate surface area is 124 Å². The largest absolute Gasteiger partial charge is 0.124 e. The molecule has 0 N–H and O–H groups in total. The van der Waals surface area contributed by atoms with Gasteiger partial charge in [-0.2, -0.15) is 0 Å². The summed E-state index contributed by atoms with van der Waals surface area (Å²) < 4.78 is 0. The molecule has 0 aromatic heterocycles. The van der Waals surface area contributed by atoms with Crippen molar-refractivity contribution in [3.05, 3.63) is 36.4 Å². The van der Waals surface area contributed by atoms with Crippen LogP contribution in [0.2, 0.25) is 0 Å². The molecule has 0 aliphatic carbocycles. The van der Waals surface area contributed by atoms with Gasteiger partial charge in [-0.1, -0.05) is 35.7 Å². The first-order valence-electron chi connectivity index (χ1n) is 5.79. The predicted molar refractivity (Wildman–Crippen MR) is 82.6 cm³/mol. The van der Waals surface area contributed by atoms with E-state index in [0.717, 1.165) is 0 Å². The van der Waals surface area contributed by atoms with Crippen molar-refractivity contribution in [1.82, 2.24) is 0 Å². The average Bonchev–Trinajstić information content (AvgIpc) is 2.49. The number of hydrogen-bond donors (Lipinski definition) is 0. The first-order valence-corrected chi connectivity index (χ1v) is 9.39. The summed E-state index contributed by atoms with van der Waals surface area (Å²) in [5, 5.41) is 0. The summed E-state index contributed by atoms with van der Waals surface area (Å²) in [7, 11) is 0. The Morgan fingerprint density at radius 3 is 1.67 bits per heavy atom. The number of benzene rings is 2. The Hall–Kier alpha value is -0.160. The van der Waals surface area contributed by atoms with E-state index in [-0.39, 0.29) is 0 Å². The van der Waals surface area contributed by atoms with Crippen molar-refractivity contribution < 1.29 is 0 Å². The van der Waals surface area contributed by atoms with Gasteiger partial charge in [0.15, 0.2) is 0 Å². The van der Waals surface area contributed by atoms with Gasteiger partial charge in [0, 0.05) is 40.9 Å². The second kappa shape index (κ2) is 4.75. The van der Waals surface area contributed by atoms with Crippen LogP contribution in [0.4, 0.5) is 0 Å². The molecular weight excluding hydrogens is 296 g/mol. The smallest absolute Gasteiger partial charge is 0.0398 e. The maximum Gasteiger partial charge on any atom is 0.0398 e. The van der Waals surface area contributed by atoms with Crippen LogP contribution in [0.1, 0.15) is 0 Å². The van der Waals surface area contributed by atoms with Gasteiger partial charge in [0.05, 0.1) is 0 Å². The first kappa shape index (κ1) is 11.6. The van der Waals surface area contributed by atoms with Crippen LogP contribution in [0.5, 0.6) is 0 Å². The third-order valence-electron chi connectivity index (χ3n) is 2.91. The van der Waals surface area contributed by atoms with Crippen molar-refractivity contribution in [2.24, 2.45) is 0 Å². The molecule has 0 fully saturated rings. The normalized spacial score (nSPS) is 16.7. The zero-order valence-electron chi connectivity index (χ0n) is 9.51. The molecule has 0 atom stereocenters. The van der Waals surface area contributed by atoms with Crippen LogP contribution in [-0.2, 0) is 0 Å². The molecule has 2 aromatic carbocycles. The Morgan fingerprint density at radius 2 is 1.11 bits per heavy atom. The fraction of sp³-hybridized carbons (Fsp3) is 0.143. The monoisotopic (exact) mass is 306 g/mol. The lowest BCUT2D eigenvalue weighted by molar-refractivity contribution is 1.04. The van der Waals surface area contributed by atoms with Crippen LogP contribution in [0, 0.1) is 0 Å². The molecule has 2 aliphatic rings. The summed E-state index contributed by atoms with van der Waals surface area (Å²) in [6, 6.07) is 13.4. The molecule has 2 bridgehead atoms. The van der Waals surface area contributed by atoms with Crippen LogP contribution < -0.4 is 0 Å². The van der Waals surface area contributed by atoms with E-state index in [2.05, 4.69) is 36.4 Å². The highest BCUT2D eigenvalue weighted by molar-refractivity contribution is 8.07. The maximum atomic E-state index is 2.26. The molecular formula is C14H10S4. The minimum atomic E-state index is 1.19. The van der Waals surface area contributed by atoms with Crippen molar-refractivity contribution in [2.75, 3.05) is 11.5 Å². The molecule has 2 heterocycles. The number of rotatable bonds is 0. The molecule has 0 saturated heterocycles. The van der Waals surface area contributed by atoms with Gasteiger partial charge in [0.1, 0.15) is 0 Å². The van der Waals surface area contributed by atoms with Gasteiger partial charge in [0.25, 0.3) is 0 Å². The highest BCUT2D eigenvalue weighted by atomic mass is 32.2. The highest BCUT2D eigenvalue weighted by Gasteiger charge is 2.23. The second-order valence-corrected chi connectivity index (χ2v) is 8.45. The Balaban J connectivity index is 1.96. The molecule has 0 unspecified atom stereocenters. The summed E-state index contributed by atoms with van der Waals surface area (Å²) in [5.41, 5.74) is 0. The molecule has 90 valence electrons. The molecule has 18 heavy (non-hydrogen) atoms. The molecule has 0 radical (unpaired) electrons. The van der Waals surface area contributed by atoms with Gasteiger partial charge in [0.2, 0.25) is 0 Å². The Morgan fingerprint density at radius 1 is 0.611 bits per heavy atom. The zero-order chi connectivity index (χ0) is 11.9. The molecule has 0 spiro atoms. The van der Waals surface area contributed by atoms with Crippen LogP contribution >= 0.6 is 47.0 Å². The van der Waals surface area contributed by atoms with Crippen LogP contribution in [0.3, 0.4) is 0 Å². The number of thioether (sulfide) groups is 2. The Kier molecular flexibility index (Phi) is 3.07. The van der Waals surface area contributed by atoms with Gasteiger partial charge in [-0.3, -0.25) is 0 Å². The van der Waals surface area contributed by atoms with Crippen LogP contribution in [0.15, 0.2) is 65.8 Å². The maximum absolute atomic E-state index is 2.26. The second-order valence-electron chi connectivity index (χ2n) is 4.07. The van der Waals surface area contributed by atoms with Crippen molar-refractivity contribution in [2.45, 2.75) is 29.4 Å². The molecule has 4 heteroatoms. The van der Waals surface area contributed by atoms with Gasteiger partial charge in [-0.05, 0) is 24.3 Å². The highest BCUT2D eigenvalue weighted by Crippen LogP contribution is 2.54. The topological polar surface area (TPSA) is 0 Å². The SMILES string of the molecule is c1cc2c3c(c1)Sc1cccc(c1S3)SCCS2. The molecule has 0 saturated carbocycles. The summed E-state index contributed by atoms with van der Waals surface area (Å²) in [6.07, 6.45) is 0. The van der Waals surface area contributed by atoms with Crippen molar-refractivity contribution in [3.63, 3.8) is 0 Å². The minimum absolute atomic E-state index is 1.19. The average molecular weight is 307 g/mol. The van der Waals surface area contributed by atoms with Gasteiger partial charge in [-0.15, -0.1) is 23.5 Å². The van der Waals surface area contributed by atoms with E-state index < -0.39 is 0 Å². The number of hydrogen-bond acceptors (Lipinski definition) is 4. The van der Waals surface area contributed by atoms with Crippen molar-refractivity contribution in [3.8, 4) is 0 Å². The van der Waals surface area contributed by atoms with E-state index in [4.69, 9.17) is 0 Å². The lowest BCUT2D eigenvalue weighted by atomic mass is 10.3. The summed E-state index contributed by atoms with van der Waals surface area (Å²) in [4.78, 5) is 8.67. The van der Waals surface area contributed by atoms with E-state index in [1.54, 1.807) is 0 Å². The van der Waals surface area contributed by atoms with Gasteiger partial charge in [-0.25, -0.2) is 0 Å². The quantitative estimate of drug-likeness (QED) is 0.537. The van der Waals surface area contributed by atoms with E-state index in [0.29, 0.717) is 0 Å². The van der Waals surface area contributed by atoms with Gasteiger partial charge >= 0.3 is 0 Å². The standard InChI is InChI=1S/C14H10S4/c1-3-9-13-11(5-1)17-12-6-2-4-10(14(12)18-13)16-8-7-15-9/h1-6H,7-8H2. The third-order valence-corrected chi connectivity index (χ3v) is 8.21. The minimum Gasteiger partial charge on any atom is -0.124 e. The summed E-state index contributed by atoms with van der Waals surface area (Å²) in [5.74, 6) is 2.38. The predicted octanol–water partition coefficient (Wildman–Crippen LogP) is 5.50. The molecule has 4 rings (SSSR count). The lowest BCUT2D eigenvalue weighted by Gasteiger charge is -2.21. The van der Waals surface area contributed by atoms with Gasteiger partial charge < -0.3 is 0 Å².